The largest absolute Gasteiger partial charge is 0.512 e. The molecule has 0 bridgehead atoms. The van der Waals surface area contributed by atoms with Gasteiger partial charge < -0.3 is 10.0 Å². The van der Waals surface area contributed by atoms with Crippen LogP contribution in [0.5, 0.6) is 0 Å². The van der Waals surface area contributed by atoms with Crippen LogP contribution in [0.25, 0.3) is 27.4 Å². The molecule has 0 atom stereocenters. The van der Waals surface area contributed by atoms with Gasteiger partial charge in [-0.15, -0.1) is 0 Å². The lowest BCUT2D eigenvalue weighted by atomic mass is 10.0. The van der Waals surface area contributed by atoms with E-state index in [1.807, 2.05) is 24.3 Å². The SMILES string of the molecule is O=c1nc2ccc(=C(O)CCN3CCN(Cc4ccccc4)CC3)c3cccc1c23. The molecule has 0 saturated carbocycles. The first-order chi connectivity index (χ1) is 14.7. The summed E-state index contributed by atoms with van der Waals surface area (Å²) in [5.41, 5.74) is 1.87. The molecular formula is C25H25N3O2. The molecule has 5 nitrogen and oxygen atoms in total. The maximum absolute atomic E-state index is 12.1. The predicted octanol–water partition coefficient (Wildman–Crippen LogP) is 2.78. The Morgan fingerprint density at radius 3 is 2.40 bits per heavy atom. The summed E-state index contributed by atoms with van der Waals surface area (Å²) in [6.45, 7) is 5.93. The van der Waals surface area contributed by atoms with E-state index in [0.717, 1.165) is 55.3 Å². The predicted molar refractivity (Wildman–Crippen MR) is 121 cm³/mol. The molecule has 1 aromatic heterocycles. The van der Waals surface area contributed by atoms with Crippen LogP contribution in [0.4, 0.5) is 0 Å². The Kier molecular flexibility index (Phi) is 5.07. The van der Waals surface area contributed by atoms with Crippen molar-refractivity contribution in [1.29, 1.82) is 0 Å². The van der Waals surface area contributed by atoms with Crippen LogP contribution in [0.15, 0.2) is 65.5 Å². The lowest BCUT2D eigenvalue weighted by molar-refractivity contribution is 0.128. The molecule has 1 aliphatic heterocycles. The Morgan fingerprint density at radius 2 is 1.60 bits per heavy atom. The van der Waals surface area contributed by atoms with E-state index in [1.54, 1.807) is 6.07 Å². The number of hydrogen-bond donors (Lipinski definition) is 1. The first-order valence-electron chi connectivity index (χ1n) is 10.5. The highest BCUT2D eigenvalue weighted by Crippen LogP contribution is 2.21. The molecule has 30 heavy (non-hydrogen) atoms. The van der Waals surface area contributed by atoms with Crippen molar-refractivity contribution in [1.82, 2.24) is 14.8 Å². The number of aromatic nitrogens is 1. The molecule has 3 aromatic carbocycles. The number of aliphatic hydroxyl groups excluding tert-OH is 1. The molecule has 0 amide bonds. The lowest BCUT2D eigenvalue weighted by Crippen LogP contribution is -2.46. The molecule has 1 fully saturated rings. The molecule has 1 aliphatic rings. The topological polar surface area (TPSA) is 56.7 Å². The van der Waals surface area contributed by atoms with Gasteiger partial charge in [0.25, 0.3) is 5.56 Å². The van der Waals surface area contributed by atoms with E-state index >= 15 is 0 Å². The second-order valence-electron chi connectivity index (χ2n) is 8.08. The van der Waals surface area contributed by atoms with Gasteiger partial charge in [0.15, 0.2) is 0 Å². The van der Waals surface area contributed by atoms with Crippen molar-refractivity contribution in [2.45, 2.75) is 13.0 Å². The maximum atomic E-state index is 12.1. The molecular weight excluding hydrogens is 374 g/mol. The number of aliphatic hydroxyl groups is 1. The average molecular weight is 399 g/mol. The fourth-order valence-corrected chi connectivity index (χ4v) is 4.49. The van der Waals surface area contributed by atoms with E-state index < -0.39 is 0 Å². The summed E-state index contributed by atoms with van der Waals surface area (Å²) < 4.78 is 0. The zero-order chi connectivity index (χ0) is 20.5. The van der Waals surface area contributed by atoms with Crippen LogP contribution in [-0.2, 0) is 6.54 Å². The highest BCUT2D eigenvalue weighted by molar-refractivity contribution is 6.09. The highest BCUT2D eigenvalue weighted by Gasteiger charge is 2.17. The van der Waals surface area contributed by atoms with Crippen molar-refractivity contribution in [2.75, 3.05) is 32.7 Å². The first kappa shape index (κ1) is 19.0. The standard InChI is InChI=1S/C25H25N3O2/c29-23(19-9-10-22-24-20(19)7-4-8-21(24)25(30)26-22)11-12-27-13-15-28(16-14-27)17-18-5-2-1-3-6-18/h1-10,29H,11-17H2. The molecule has 152 valence electrons. The zero-order valence-corrected chi connectivity index (χ0v) is 16.9. The van der Waals surface area contributed by atoms with E-state index in [4.69, 9.17) is 0 Å². The lowest BCUT2D eigenvalue weighted by Gasteiger charge is -2.34. The second kappa shape index (κ2) is 8.01. The molecule has 1 N–H and O–H groups in total. The molecule has 0 radical (unpaired) electrons. The minimum atomic E-state index is -0.194. The van der Waals surface area contributed by atoms with Gasteiger partial charge in [0.2, 0.25) is 0 Å². The molecule has 1 saturated heterocycles. The van der Waals surface area contributed by atoms with Crippen LogP contribution in [0.1, 0.15) is 12.0 Å². The fourth-order valence-electron chi connectivity index (χ4n) is 4.49. The minimum Gasteiger partial charge on any atom is -0.512 e. The third-order valence-corrected chi connectivity index (χ3v) is 6.16. The third kappa shape index (κ3) is 3.62. The summed E-state index contributed by atoms with van der Waals surface area (Å²) in [5, 5.41) is 14.0. The zero-order valence-electron chi connectivity index (χ0n) is 16.9. The van der Waals surface area contributed by atoms with Crippen molar-refractivity contribution in [3.63, 3.8) is 0 Å². The van der Waals surface area contributed by atoms with Gasteiger partial charge in [-0.05, 0) is 29.1 Å². The quantitative estimate of drug-likeness (QED) is 0.559. The highest BCUT2D eigenvalue weighted by atomic mass is 16.3. The van der Waals surface area contributed by atoms with E-state index in [1.165, 1.54) is 5.56 Å². The Hall–Kier alpha value is -3.02. The minimum absolute atomic E-state index is 0.194. The van der Waals surface area contributed by atoms with Crippen molar-refractivity contribution in [3.8, 4) is 0 Å². The Morgan fingerprint density at radius 1 is 0.867 bits per heavy atom. The van der Waals surface area contributed by atoms with Crippen LogP contribution in [0.2, 0.25) is 0 Å². The smallest absolute Gasteiger partial charge is 0.278 e. The maximum Gasteiger partial charge on any atom is 0.278 e. The number of rotatable bonds is 5. The van der Waals surface area contributed by atoms with Gasteiger partial charge in [0, 0.05) is 56.3 Å². The van der Waals surface area contributed by atoms with E-state index in [-0.39, 0.29) is 5.56 Å². The van der Waals surface area contributed by atoms with Crippen molar-refractivity contribution in [3.05, 3.63) is 81.8 Å². The number of benzene rings is 3. The summed E-state index contributed by atoms with van der Waals surface area (Å²) in [6.07, 6.45) is 0.600. The van der Waals surface area contributed by atoms with Gasteiger partial charge in [0.05, 0.1) is 10.9 Å². The average Bonchev–Trinajstić information content (AvgIpc) is 3.11. The molecule has 5 heteroatoms. The van der Waals surface area contributed by atoms with Gasteiger partial charge in [0.1, 0.15) is 5.76 Å². The van der Waals surface area contributed by atoms with E-state index in [2.05, 4.69) is 45.1 Å². The molecule has 0 aliphatic carbocycles. The molecule has 0 unspecified atom stereocenters. The van der Waals surface area contributed by atoms with Gasteiger partial charge in [-0.3, -0.25) is 9.69 Å². The second-order valence-corrected chi connectivity index (χ2v) is 8.08. The van der Waals surface area contributed by atoms with Crippen LogP contribution in [0, 0.1) is 0 Å². The van der Waals surface area contributed by atoms with Crippen LogP contribution < -0.4 is 10.8 Å². The van der Waals surface area contributed by atoms with Crippen molar-refractivity contribution < 1.29 is 5.11 Å². The molecule has 5 rings (SSSR count). The van der Waals surface area contributed by atoms with Gasteiger partial charge in [-0.2, -0.15) is 0 Å². The molecule has 0 spiro atoms. The molecule has 2 heterocycles. The summed E-state index contributed by atoms with van der Waals surface area (Å²) in [7, 11) is 0. The van der Waals surface area contributed by atoms with Gasteiger partial charge in [-0.1, -0.05) is 42.5 Å². The van der Waals surface area contributed by atoms with Gasteiger partial charge in [-0.25, -0.2) is 4.98 Å². The summed E-state index contributed by atoms with van der Waals surface area (Å²) >= 11 is 0. The summed E-state index contributed by atoms with van der Waals surface area (Å²) in [6, 6.07) is 20.0. The Balaban J connectivity index is 1.27. The van der Waals surface area contributed by atoms with Crippen molar-refractivity contribution in [2.24, 2.45) is 0 Å². The van der Waals surface area contributed by atoms with E-state index in [9.17, 15) is 9.90 Å². The van der Waals surface area contributed by atoms with Crippen LogP contribution in [-0.4, -0.2) is 52.6 Å². The molecule has 4 aromatic rings. The Bertz CT molecular complexity index is 1260. The normalized spacial score (nSPS) is 17.1. The fraction of sp³-hybridized carbons (Fsp3) is 0.280. The summed E-state index contributed by atoms with van der Waals surface area (Å²) in [5.74, 6) is 0.379. The number of hydrogen-bond acceptors (Lipinski definition) is 5. The van der Waals surface area contributed by atoms with E-state index in [0.29, 0.717) is 23.1 Å². The summed E-state index contributed by atoms with van der Waals surface area (Å²) in [4.78, 5) is 21.1. The van der Waals surface area contributed by atoms with Crippen LogP contribution >= 0.6 is 0 Å². The third-order valence-electron chi connectivity index (χ3n) is 6.16. The van der Waals surface area contributed by atoms with Crippen LogP contribution in [0.3, 0.4) is 0 Å². The van der Waals surface area contributed by atoms with Crippen molar-refractivity contribution >= 4 is 27.4 Å². The monoisotopic (exact) mass is 399 g/mol. The first-order valence-corrected chi connectivity index (χ1v) is 10.5. The number of piperazine rings is 1. The number of nitrogens with zero attached hydrogens (tertiary/aromatic N) is 3. The van der Waals surface area contributed by atoms with Gasteiger partial charge >= 0.3 is 0 Å². The Labute approximate surface area is 175 Å².